The average Bonchev–Trinajstić information content (AvgIpc) is 2.38. The molecule has 94 valence electrons. The first-order valence-corrected chi connectivity index (χ1v) is 6.06. The van der Waals surface area contributed by atoms with Gasteiger partial charge in [-0.15, -0.1) is 0 Å². The molecule has 0 fully saturated rings. The van der Waals surface area contributed by atoms with Crippen molar-refractivity contribution in [2.75, 3.05) is 5.73 Å². The molecule has 0 aliphatic rings. The van der Waals surface area contributed by atoms with Crippen LogP contribution in [-0.2, 0) is 0 Å². The Hall–Kier alpha value is -2.42. The molecule has 2 N–H and O–H groups in total. The largest absolute Gasteiger partial charge is 0.398 e. The molecule has 0 saturated carbocycles. The van der Waals surface area contributed by atoms with Gasteiger partial charge in [-0.25, -0.2) is 4.39 Å². The summed E-state index contributed by atoms with van der Waals surface area (Å²) in [7, 11) is 0. The van der Waals surface area contributed by atoms with Crippen molar-refractivity contribution in [1.82, 2.24) is 4.98 Å². The second-order valence-corrected chi connectivity index (χ2v) is 4.59. The molecule has 0 atom stereocenters. The zero-order valence-electron chi connectivity index (χ0n) is 10.5. The zero-order chi connectivity index (χ0) is 13.4. The number of aromatic nitrogens is 1. The van der Waals surface area contributed by atoms with E-state index in [4.69, 9.17) is 5.73 Å². The number of benzene rings is 2. The second-order valence-electron chi connectivity index (χ2n) is 4.59. The number of anilines is 1. The predicted molar refractivity (Wildman–Crippen MR) is 76.3 cm³/mol. The van der Waals surface area contributed by atoms with Crippen LogP contribution in [0.3, 0.4) is 0 Å². The van der Waals surface area contributed by atoms with E-state index in [1.807, 2.05) is 37.3 Å². The number of hydrogen-bond donors (Lipinski definition) is 1. The van der Waals surface area contributed by atoms with Gasteiger partial charge in [-0.05, 0) is 48.9 Å². The van der Waals surface area contributed by atoms with E-state index >= 15 is 0 Å². The summed E-state index contributed by atoms with van der Waals surface area (Å²) in [5.74, 6) is -0.320. The van der Waals surface area contributed by atoms with Crippen LogP contribution in [0.5, 0.6) is 0 Å². The van der Waals surface area contributed by atoms with Crippen molar-refractivity contribution in [3.8, 4) is 11.1 Å². The Kier molecular flexibility index (Phi) is 2.67. The van der Waals surface area contributed by atoms with Crippen LogP contribution in [0.4, 0.5) is 10.1 Å². The van der Waals surface area contributed by atoms with Crippen LogP contribution in [0.1, 0.15) is 5.69 Å². The number of fused-ring (bicyclic) bond motifs is 1. The molecule has 3 heteroatoms. The summed E-state index contributed by atoms with van der Waals surface area (Å²) in [6.07, 6.45) is 0. The van der Waals surface area contributed by atoms with Crippen LogP contribution in [0.25, 0.3) is 22.0 Å². The lowest BCUT2D eigenvalue weighted by Gasteiger charge is -2.07. The van der Waals surface area contributed by atoms with E-state index in [-0.39, 0.29) is 5.82 Å². The molecule has 0 unspecified atom stereocenters. The number of nitrogen functional groups attached to an aromatic ring is 1. The molecule has 0 saturated heterocycles. The maximum absolute atomic E-state index is 13.1. The van der Waals surface area contributed by atoms with Gasteiger partial charge in [-0.1, -0.05) is 12.1 Å². The number of rotatable bonds is 1. The Morgan fingerprint density at radius 3 is 2.63 bits per heavy atom. The van der Waals surface area contributed by atoms with Gasteiger partial charge in [0.1, 0.15) is 5.82 Å². The minimum Gasteiger partial charge on any atom is -0.398 e. The van der Waals surface area contributed by atoms with Crippen LogP contribution >= 0.6 is 0 Å². The summed E-state index contributed by atoms with van der Waals surface area (Å²) in [4.78, 5) is 4.46. The summed E-state index contributed by atoms with van der Waals surface area (Å²) in [6.45, 7) is 1.96. The number of nitrogens with zero attached hydrogens (tertiary/aromatic N) is 1. The highest BCUT2D eigenvalue weighted by Crippen LogP contribution is 2.28. The lowest BCUT2D eigenvalue weighted by atomic mass is 10.0. The minimum absolute atomic E-state index is 0.320. The Bertz CT molecular complexity index is 766. The third-order valence-electron chi connectivity index (χ3n) is 3.15. The van der Waals surface area contributed by atoms with E-state index in [1.54, 1.807) is 6.07 Å². The first-order chi connectivity index (χ1) is 9.13. The van der Waals surface area contributed by atoms with Crippen LogP contribution in [0.2, 0.25) is 0 Å². The van der Waals surface area contributed by atoms with E-state index in [0.29, 0.717) is 5.69 Å². The third-order valence-corrected chi connectivity index (χ3v) is 3.15. The second kappa shape index (κ2) is 4.35. The van der Waals surface area contributed by atoms with Crippen LogP contribution in [0, 0.1) is 12.7 Å². The molecule has 0 aliphatic heterocycles. The Morgan fingerprint density at radius 1 is 1.00 bits per heavy atom. The number of aryl methyl sites for hydroxylation is 1. The normalized spacial score (nSPS) is 10.8. The van der Waals surface area contributed by atoms with Gasteiger partial charge in [0.2, 0.25) is 0 Å². The van der Waals surface area contributed by atoms with Crippen LogP contribution in [-0.4, -0.2) is 4.98 Å². The van der Waals surface area contributed by atoms with Gasteiger partial charge in [0, 0.05) is 22.3 Å². The van der Waals surface area contributed by atoms with E-state index in [9.17, 15) is 4.39 Å². The maximum Gasteiger partial charge on any atom is 0.125 e. The van der Waals surface area contributed by atoms with Crippen LogP contribution < -0.4 is 5.73 Å². The number of pyridine rings is 1. The quantitative estimate of drug-likeness (QED) is 0.666. The molecular weight excluding hydrogens is 239 g/mol. The van der Waals surface area contributed by atoms with Crippen molar-refractivity contribution in [3.63, 3.8) is 0 Å². The fourth-order valence-electron chi connectivity index (χ4n) is 2.19. The van der Waals surface area contributed by atoms with E-state index in [1.165, 1.54) is 12.1 Å². The first-order valence-electron chi connectivity index (χ1n) is 6.06. The van der Waals surface area contributed by atoms with Crippen molar-refractivity contribution in [3.05, 3.63) is 60.0 Å². The van der Waals surface area contributed by atoms with Gasteiger partial charge in [0.05, 0.1) is 5.52 Å². The highest BCUT2D eigenvalue weighted by molar-refractivity contribution is 5.87. The molecule has 1 aromatic heterocycles. The summed E-state index contributed by atoms with van der Waals surface area (Å²) in [5.41, 5.74) is 10.1. The Labute approximate surface area is 110 Å². The highest BCUT2D eigenvalue weighted by Gasteiger charge is 2.05. The fourth-order valence-corrected chi connectivity index (χ4v) is 2.19. The molecular formula is C16H13FN2. The van der Waals surface area contributed by atoms with Gasteiger partial charge in [-0.2, -0.15) is 0 Å². The summed E-state index contributed by atoms with van der Waals surface area (Å²) in [5, 5.41) is 1.05. The van der Waals surface area contributed by atoms with Gasteiger partial charge in [0.15, 0.2) is 0 Å². The Balaban J connectivity index is 2.17. The topological polar surface area (TPSA) is 38.9 Å². The lowest BCUT2D eigenvalue weighted by Crippen LogP contribution is -1.91. The number of nitrogens with two attached hydrogens (primary N) is 1. The molecule has 1 heterocycles. The van der Waals surface area contributed by atoms with E-state index < -0.39 is 0 Å². The SMILES string of the molecule is Cc1ccc2cc(-c3ccc(F)cc3N)ccc2n1. The molecule has 0 aliphatic carbocycles. The van der Waals surface area contributed by atoms with Crippen molar-refractivity contribution < 1.29 is 4.39 Å². The number of hydrogen-bond acceptors (Lipinski definition) is 2. The molecule has 3 rings (SSSR count). The third kappa shape index (κ3) is 2.15. The smallest absolute Gasteiger partial charge is 0.125 e. The van der Waals surface area contributed by atoms with Gasteiger partial charge < -0.3 is 5.73 Å². The van der Waals surface area contributed by atoms with Crippen molar-refractivity contribution >= 4 is 16.6 Å². The van der Waals surface area contributed by atoms with Crippen molar-refractivity contribution in [1.29, 1.82) is 0 Å². The monoisotopic (exact) mass is 252 g/mol. The van der Waals surface area contributed by atoms with E-state index in [2.05, 4.69) is 4.98 Å². The molecule has 2 nitrogen and oxygen atoms in total. The fraction of sp³-hybridized carbons (Fsp3) is 0.0625. The molecule has 2 aromatic carbocycles. The van der Waals surface area contributed by atoms with Gasteiger partial charge >= 0.3 is 0 Å². The minimum atomic E-state index is -0.320. The maximum atomic E-state index is 13.1. The van der Waals surface area contributed by atoms with Crippen molar-refractivity contribution in [2.24, 2.45) is 0 Å². The molecule has 19 heavy (non-hydrogen) atoms. The predicted octanol–water partition coefficient (Wildman–Crippen LogP) is 3.93. The standard InChI is InChI=1S/C16H13FN2/c1-10-2-3-12-8-11(4-7-16(12)19-10)14-6-5-13(17)9-15(14)18/h2-9H,18H2,1H3. The van der Waals surface area contributed by atoms with Crippen molar-refractivity contribution in [2.45, 2.75) is 6.92 Å². The molecule has 0 bridgehead atoms. The number of halogens is 1. The van der Waals surface area contributed by atoms with Gasteiger partial charge in [-0.3, -0.25) is 4.98 Å². The van der Waals surface area contributed by atoms with Crippen LogP contribution in [0.15, 0.2) is 48.5 Å². The summed E-state index contributed by atoms with van der Waals surface area (Å²) >= 11 is 0. The zero-order valence-corrected chi connectivity index (χ0v) is 10.5. The highest BCUT2D eigenvalue weighted by atomic mass is 19.1. The average molecular weight is 252 g/mol. The molecule has 0 amide bonds. The lowest BCUT2D eigenvalue weighted by molar-refractivity contribution is 0.628. The molecule has 3 aromatic rings. The molecule has 0 spiro atoms. The van der Waals surface area contributed by atoms with E-state index in [0.717, 1.165) is 27.7 Å². The first kappa shape index (κ1) is 11.7. The summed E-state index contributed by atoms with van der Waals surface area (Å²) in [6, 6.07) is 14.4. The van der Waals surface area contributed by atoms with Gasteiger partial charge in [0.25, 0.3) is 0 Å². The summed E-state index contributed by atoms with van der Waals surface area (Å²) < 4.78 is 13.1. The molecule has 0 radical (unpaired) electrons. The Morgan fingerprint density at radius 2 is 1.84 bits per heavy atom.